The van der Waals surface area contributed by atoms with E-state index in [1.54, 1.807) is 6.07 Å². The highest BCUT2D eigenvalue weighted by molar-refractivity contribution is 5.40. The van der Waals surface area contributed by atoms with Crippen LogP contribution in [0.2, 0.25) is 0 Å². The van der Waals surface area contributed by atoms with Crippen LogP contribution in [0.25, 0.3) is 0 Å². The van der Waals surface area contributed by atoms with Crippen LogP contribution in [-0.2, 0) is 0 Å². The summed E-state index contributed by atoms with van der Waals surface area (Å²) in [5.74, 6) is -0.878. The van der Waals surface area contributed by atoms with Crippen LogP contribution < -0.4 is 0 Å². The third-order valence-corrected chi connectivity index (χ3v) is 3.56. The van der Waals surface area contributed by atoms with Gasteiger partial charge in [-0.05, 0) is 36.0 Å². The molecule has 2 aromatic carbocycles. The molecule has 1 unspecified atom stereocenters. The lowest BCUT2D eigenvalue weighted by Crippen LogP contribution is -2.05. The lowest BCUT2D eigenvalue weighted by molar-refractivity contribution is 0.213. The largest absolute Gasteiger partial charge is 0.384 e. The molecule has 0 aliphatic heterocycles. The van der Waals surface area contributed by atoms with Gasteiger partial charge in [0.2, 0.25) is 0 Å². The summed E-state index contributed by atoms with van der Waals surface area (Å²) in [6.45, 7) is 0. The molecule has 2 aromatic rings. The molecule has 0 amide bonds. The van der Waals surface area contributed by atoms with Gasteiger partial charge in [0, 0.05) is 11.6 Å². The average molecular weight is 260 g/mol. The maximum Gasteiger partial charge on any atom is 0.132 e. The topological polar surface area (TPSA) is 20.2 Å². The fourth-order valence-electron chi connectivity index (χ4n) is 2.42. The molecule has 0 radical (unpaired) electrons. The summed E-state index contributed by atoms with van der Waals surface area (Å²) in [5, 5.41) is 10.4. The predicted octanol–water partition coefficient (Wildman–Crippen LogP) is 3.92. The van der Waals surface area contributed by atoms with Gasteiger partial charge in [-0.15, -0.1) is 0 Å². The Morgan fingerprint density at radius 2 is 1.74 bits per heavy atom. The second kappa shape index (κ2) is 4.74. The molecule has 3 rings (SSSR count). The molecule has 0 spiro atoms. The predicted molar refractivity (Wildman–Crippen MR) is 68.8 cm³/mol. The molecule has 98 valence electrons. The van der Waals surface area contributed by atoms with Crippen molar-refractivity contribution in [1.82, 2.24) is 0 Å². The molecule has 1 nitrogen and oxygen atoms in total. The summed E-state index contributed by atoms with van der Waals surface area (Å²) in [6.07, 6.45) is 1.17. The minimum Gasteiger partial charge on any atom is -0.384 e. The third kappa shape index (κ3) is 2.38. The van der Waals surface area contributed by atoms with Crippen molar-refractivity contribution in [2.45, 2.75) is 24.9 Å². The van der Waals surface area contributed by atoms with Gasteiger partial charge < -0.3 is 5.11 Å². The van der Waals surface area contributed by atoms with Gasteiger partial charge >= 0.3 is 0 Å². The molecule has 1 aliphatic rings. The van der Waals surface area contributed by atoms with Crippen molar-refractivity contribution in [3.05, 3.63) is 70.8 Å². The fourth-order valence-corrected chi connectivity index (χ4v) is 2.42. The minimum atomic E-state index is -1.04. The Bertz CT molecular complexity index is 605. The molecular weight excluding hydrogens is 246 g/mol. The summed E-state index contributed by atoms with van der Waals surface area (Å²) in [7, 11) is 0. The quantitative estimate of drug-likeness (QED) is 0.886. The zero-order valence-electron chi connectivity index (χ0n) is 10.3. The first kappa shape index (κ1) is 12.3. The van der Waals surface area contributed by atoms with Crippen molar-refractivity contribution in [1.29, 1.82) is 0 Å². The Kier molecular flexibility index (Phi) is 3.07. The van der Waals surface area contributed by atoms with E-state index in [0.29, 0.717) is 5.92 Å². The number of halogens is 2. The number of hydrogen-bond donors (Lipinski definition) is 1. The molecule has 19 heavy (non-hydrogen) atoms. The van der Waals surface area contributed by atoms with Gasteiger partial charge in [0.05, 0.1) is 0 Å². The van der Waals surface area contributed by atoms with Gasteiger partial charge in [-0.3, -0.25) is 0 Å². The van der Waals surface area contributed by atoms with Gasteiger partial charge in [-0.1, -0.05) is 30.3 Å². The van der Waals surface area contributed by atoms with Crippen molar-refractivity contribution in [2.24, 2.45) is 0 Å². The lowest BCUT2D eigenvalue weighted by Gasteiger charge is -2.16. The Hall–Kier alpha value is -1.74. The van der Waals surface area contributed by atoms with Gasteiger partial charge in [0.25, 0.3) is 0 Å². The van der Waals surface area contributed by atoms with E-state index in [0.717, 1.165) is 30.0 Å². The first-order valence-corrected chi connectivity index (χ1v) is 6.38. The second-order valence-corrected chi connectivity index (χ2v) is 4.97. The van der Waals surface area contributed by atoms with E-state index in [1.807, 2.05) is 18.2 Å². The molecule has 1 saturated carbocycles. The molecule has 1 fully saturated rings. The maximum absolute atomic E-state index is 13.7. The molecule has 1 atom stereocenters. The first-order chi connectivity index (χ1) is 9.16. The van der Waals surface area contributed by atoms with Crippen LogP contribution in [0.5, 0.6) is 0 Å². The fraction of sp³-hybridized carbons (Fsp3) is 0.250. The zero-order chi connectivity index (χ0) is 13.4. The van der Waals surface area contributed by atoms with Crippen molar-refractivity contribution in [3.63, 3.8) is 0 Å². The molecule has 0 bridgehead atoms. The van der Waals surface area contributed by atoms with Crippen LogP contribution in [0, 0.1) is 11.6 Å². The highest BCUT2D eigenvalue weighted by atomic mass is 19.1. The molecule has 1 aliphatic carbocycles. The van der Waals surface area contributed by atoms with E-state index in [9.17, 15) is 13.9 Å². The summed E-state index contributed by atoms with van der Waals surface area (Å²) in [4.78, 5) is 0. The Balaban J connectivity index is 2.01. The van der Waals surface area contributed by atoms with E-state index in [2.05, 4.69) is 0 Å². The van der Waals surface area contributed by atoms with Crippen molar-refractivity contribution < 1.29 is 13.9 Å². The molecule has 3 heteroatoms. The van der Waals surface area contributed by atoms with Crippen LogP contribution in [0.4, 0.5) is 8.78 Å². The molecular formula is C16H14F2O. The Morgan fingerprint density at radius 1 is 1.00 bits per heavy atom. The third-order valence-electron chi connectivity index (χ3n) is 3.56. The van der Waals surface area contributed by atoms with E-state index >= 15 is 0 Å². The lowest BCUT2D eigenvalue weighted by atomic mass is 9.94. The standard InChI is InChI=1S/C16H14F2O/c17-11-7-8-14(15(18)9-11)16(19)13-4-2-1-3-12(13)10-5-6-10/h1-4,7-10,16,19H,5-6H2. The number of hydrogen-bond acceptors (Lipinski definition) is 1. The van der Waals surface area contributed by atoms with Crippen LogP contribution >= 0.6 is 0 Å². The van der Waals surface area contributed by atoms with Gasteiger partial charge in [0.15, 0.2) is 0 Å². The van der Waals surface area contributed by atoms with Crippen LogP contribution in [0.15, 0.2) is 42.5 Å². The molecule has 0 saturated heterocycles. The number of aliphatic hydroxyl groups excluding tert-OH is 1. The molecule has 0 heterocycles. The zero-order valence-corrected chi connectivity index (χ0v) is 10.3. The van der Waals surface area contributed by atoms with E-state index in [1.165, 1.54) is 12.1 Å². The Labute approximate surface area is 110 Å². The van der Waals surface area contributed by atoms with E-state index < -0.39 is 17.7 Å². The van der Waals surface area contributed by atoms with Crippen molar-refractivity contribution in [3.8, 4) is 0 Å². The van der Waals surface area contributed by atoms with Crippen LogP contribution in [0.1, 0.15) is 41.6 Å². The summed E-state index contributed by atoms with van der Waals surface area (Å²) in [6, 6.07) is 10.8. The van der Waals surface area contributed by atoms with Gasteiger partial charge in [0.1, 0.15) is 17.7 Å². The van der Waals surface area contributed by atoms with Crippen molar-refractivity contribution >= 4 is 0 Å². The average Bonchev–Trinajstić information content (AvgIpc) is 3.22. The normalized spacial score (nSPS) is 16.4. The smallest absolute Gasteiger partial charge is 0.132 e. The number of rotatable bonds is 3. The summed E-state index contributed by atoms with van der Waals surface area (Å²) < 4.78 is 26.6. The number of benzene rings is 2. The van der Waals surface area contributed by atoms with Crippen LogP contribution in [-0.4, -0.2) is 5.11 Å². The second-order valence-electron chi connectivity index (χ2n) is 4.97. The first-order valence-electron chi connectivity index (χ1n) is 6.38. The van der Waals surface area contributed by atoms with Crippen molar-refractivity contribution in [2.75, 3.05) is 0 Å². The maximum atomic E-state index is 13.7. The van der Waals surface area contributed by atoms with Crippen LogP contribution in [0.3, 0.4) is 0 Å². The van der Waals surface area contributed by atoms with E-state index in [4.69, 9.17) is 0 Å². The highest BCUT2D eigenvalue weighted by Crippen LogP contribution is 2.43. The van der Waals surface area contributed by atoms with Gasteiger partial charge in [-0.2, -0.15) is 0 Å². The molecule has 0 aromatic heterocycles. The van der Waals surface area contributed by atoms with E-state index in [-0.39, 0.29) is 5.56 Å². The van der Waals surface area contributed by atoms with Gasteiger partial charge in [-0.25, -0.2) is 8.78 Å². The molecule has 1 N–H and O–H groups in total. The summed E-state index contributed by atoms with van der Waals surface area (Å²) >= 11 is 0. The Morgan fingerprint density at radius 3 is 2.42 bits per heavy atom. The monoisotopic (exact) mass is 260 g/mol. The minimum absolute atomic E-state index is 0.120. The highest BCUT2D eigenvalue weighted by Gasteiger charge is 2.28. The summed E-state index contributed by atoms with van der Waals surface area (Å²) in [5.41, 5.74) is 1.91. The SMILES string of the molecule is OC(c1ccc(F)cc1F)c1ccccc1C1CC1. The number of aliphatic hydroxyl groups is 1.